The summed E-state index contributed by atoms with van der Waals surface area (Å²) in [4.78, 5) is 10.6. The Hall–Kier alpha value is -0.230. The number of hydrogen-bond acceptors (Lipinski definition) is 3. The van der Waals surface area contributed by atoms with E-state index in [1.54, 1.807) is 6.92 Å². The Bertz CT molecular complexity index is 273. The van der Waals surface area contributed by atoms with Crippen LogP contribution in [-0.4, -0.2) is 29.6 Å². The summed E-state index contributed by atoms with van der Waals surface area (Å²) < 4.78 is 37.3. The van der Waals surface area contributed by atoms with Crippen molar-refractivity contribution in [1.29, 1.82) is 0 Å². The van der Waals surface area contributed by atoms with E-state index in [2.05, 4.69) is 20.7 Å². The van der Waals surface area contributed by atoms with Gasteiger partial charge in [0.25, 0.3) is 5.92 Å². The first-order chi connectivity index (χ1) is 7.26. The van der Waals surface area contributed by atoms with E-state index in [0.29, 0.717) is 0 Å². The van der Waals surface area contributed by atoms with Crippen molar-refractivity contribution in [1.82, 2.24) is 0 Å². The molecule has 16 heavy (non-hydrogen) atoms. The zero-order valence-corrected chi connectivity index (χ0v) is 11.0. The average Bonchev–Trinajstić information content (AvgIpc) is 2.19. The molecule has 0 amide bonds. The standard InChI is InChI=1S/C10H15BrF2O3/c1-5-6(2)10(12,13)8(16-9(5)11)4-15-7(3)14/h5-6,8-9H,4H2,1-3H3. The van der Waals surface area contributed by atoms with Gasteiger partial charge in [-0.1, -0.05) is 29.8 Å². The average molecular weight is 301 g/mol. The largest absolute Gasteiger partial charge is 0.463 e. The highest BCUT2D eigenvalue weighted by Crippen LogP contribution is 2.43. The van der Waals surface area contributed by atoms with E-state index >= 15 is 0 Å². The van der Waals surface area contributed by atoms with Crippen molar-refractivity contribution in [2.45, 2.75) is 37.8 Å². The number of rotatable bonds is 2. The van der Waals surface area contributed by atoms with E-state index in [0.717, 1.165) is 0 Å². The maximum Gasteiger partial charge on any atom is 0.302 e. The van der Waals surface area contributed by atoms with Crippen LogP contribution in [0.1, 0.15) is 20.8 Å². The quantitative estimate of drug-likeness (QED) is 0.581. The van der Waals surface area contributed by atoms with Crippen LogP contribution in [0.3, 0.4) is 0 Å². The van der Waals surface area contributed by atoms with Gasteiger partial charge in [-0.3, -0.25) is 4.79 Å². The molecule has 3 nitrogen and oxygen atoms in total. The first-order valence-corrected chi connectivity index (χ1v) is 5.99. The summed E-state index contributed by atoms with van der Waals surface area (Å²) in [6.07, 6.45) is -1.38. The molecule has 1 aliphatic rings. The van der Waals surface area contributed by atoms with Gasteiger partial charge in [0.2, 0.25) is 0 Å². The topological polar surface area (TPSA) is 35.5 Å². The second-order valence-corrected chi connectivity index (χ2v) is 5.00. The maximum absolute atomic E-state index is 13.8. The lowest BCUT2D eigenvalue weighted by Crippen LogP contribution is -2.54. The van der Waals surface area contributed by atoms with Gasteiger partial charge in [0.05, 0.1) is 0 Å². The second-order valence-electron chi connectivity index (χ2n) is 4.10. The molecule has 94 valence electrons. The molecule has 0 spiro atoms. The Morgan fingerprint density at radius 2 is 2.06 bits per heavy atom. The van der Waals surface area contributed by atoms with Crippen LogP contribution < -0.4 is 0 Å². The van der Waals surface area contributed by atoms with E-state index in [9.17, 15) is 13.6 Å². The molecule has 0 saturated carbocycles. The van der Waals surface area contributed by atoms with Crippen LogP contribution >= 0.6 is 15.9 Å². The molecule has 0 aromatic rings. The van der Waals surface area contributed by atoms with Crippen molar-refractivity contribution in [3.8, 4) is 0 Å². The first-order valence-electron chi connectivity index (χ1n) is 5.07. The van der Waals surface area contributed by atoms with Gasteiger partial charge in [0.15, 0.2) is 6.10 Å². The van der Waals surface area contributed by atoms with E-state index in [4.69, 9.17) is 4.74 Å². The van der Waals surface area contributed by atoms with Crippen molar-refractivity contribution in [3.63, 3.8) is 0 Å². The number of alkyl halides is 3. The smallest absolute Gasteiger partial charge is 0.302 e. The number of esters is 1. The molecule has 1 saturated heterocycles. The van der Waals surface area contributed by atoms with Crippen LogP contribution in [-0.2, 0) is 14.3 Å². The zero-order valence-electron chi connectivity index (χ0n) is 9.38. The molecule has 0 bridgehead atoms. The zero-order chi connectivity index (χ0) is 12.5. The van der Waals surface area contributed by atoms with E-state index in [1.807, 2.05) is 0 Å². The third-order valence-electron chi connectivity index (χ3n) is 2.97. The van der Waals surface area contributed by atoms with Crippen LogP contribution in [0.25, 0.3) is 0 Å². The number of carbonyl (C=O) groups is 1. The Morgan fingerprint density at radius 3 is 2.56 bits per heavy atom. The van der Waals surface area contributed by atoms with Crippen LogP contribution in [0.5, 0.6) is 0 Å². The van der Waals surface area contributed by atoms with Crippen molar-refractivity contribution in [2.75, 3.05) is 6.61 Å². The Balaban J connectivity index is 2.72. The summed E-state index contributed by atoms with van der Waals surface area (Å²) in [5.74, 6) is -4.70. The summed E-state index contributed by atoms with van der Waals surface area (Å²) >= 11 is 3.20. The predicted octanol–water partition coefficient (Wildman–Crippen LogP) is 2.58. The Kier molecular flexibility index (Phi) is 4.29. The fourth-order valence-corrected chi connectivity index (χ4v) is 2.30. The van der Waals surface area contributed by atoms with Crippen molar-refractivity contribution in [2.24, 2.45) is 11.8 Å². The van der Waals surface area contributed by atoms with Crippen molar-refractivity contribution >= 4 is 21.9 Å². The molecular formula is C10H15BrF2O3. The minimum absolute atomic E-state index is 0.302. The first kappa shape index (κ1) is 13.8. The van der Waals surface area contributed by atoms with Gasteiger partial charge in [0, 0.05) is 18.8 Å². The third-order valence-corrected chi connectivity index (χ3v) is 4.02. The molecule has 0 aromatic heterocycles. The molecule has 0 aliphatic carbocycles. The van der Waals surface area contributed by atoms with Gasteiger partial charge >= 0.3 is 5.97 Å². The molecule has 1 heterocycles. The van der Waals surface area contributed by atoms with Gasteiger partial charge in [-0.15, -0.1) is 0 Å². The molecule has 0 N–H and O–H groups in total. The molecule has 1 aliphatic heterocycles. The second kappa shape index (κ2) is 4.96. The lowest BCUT2D eigenvalue weighted by atomic mass is 9.85. The summed E-state index contributed by atoms with van der Waals surface area (Å²) in [5.41, 5.74) is 0. The molecular weight excluding hydrogens is 286 g/mol. The van der Waals surface area contributed by atoms with E-state index in [-0.39, 0.29) is 5.92 Å². The number of ether oxygens (including phenoxy) is 2. The highest BCUT2D eigenvalue weighted by molar-refractivity contribution is 9.09. The van der Waals surface area contributed by atoms with Gasteiger partial charge in [0.1, 0.15) is 11.6 Å². The summed E-state index contributed by atoms with van der Waals surface area (Å²) in [5, 5.41) is -0.442. The SMILES string of the molecule is CC(=O)OCC1OC(Br)C(C)C(C)C1(F)F. The fraction of sp³-hybridized carbons (Fsp3) is 0.900. The van der Waals surface area contributed by atoms with Gasteiger partial charge in [-0.2, -0.15) is 0 Å². The Labute approximate surface area is 102 Å². The van der Waals surface area contributed by atoms with Gasteiger partial charge < -0.3 is 9.47 Å². The van der Waals surface area contributed by atoms with Crippen LogP contribution in [0.15, 0.2) is 0 Å². The highest BCUT2D eigenvalue weighted by atomic mass is 79.9. The maximum atomic E-state index is 13.8. The molecule has 0 radical (unpaired) electrons. The van der Waals surface area contributed by atoms with Crippen LogP contribution in [0.2, 0.25) is 0 Å². The molecule has 1 rings (SSSR count). The van der Waals surface area contributed by atoms with E-state index < -0.39 is 35.5 Å². The lowest BCUT2D eigenvalue weighted by Gasteiger charge is -2.42. The van der Waals surface area contributed by atoms with Crippen LogP contribution in [0, 0.1) is 11.8 Å². The van der Waals surface area contributed by atoms with Gasteiger partial charge in [-0.05, 0) is 0 Å². The fourth-order valence-electron chi connectivity index (χ4n) is 1.59. The van der Waals surface area contributed by atoms with Crippen molar-refractivity contribution in [3.05, 3.63) is 0 Å². The molecule has 6 heteroatoms. The summed E-state index contributed by atoms with van der Waals surface area (Å²) in [6.45, 7) is 3.93. The highest BCUT2D eigenvalue weighted by Gasteiger charge is 2.54. The minimum Gasteiger partial charge on any atom is -0.463 e. The predicted molar refractivity (Wildman–Crippen MR) is 57.5 cm³/mol. The monoisotopic (exact) mass is 300 g/mol. The molecule has 4 atom stereocenters. The van der Waals surface area contributed by atoms with Gasteiger partial charge in [-0.25, -0.2) is 8.78 Å². The molecule has 0 aromatic carbocycles. The summed E-state index contributed by atoms with van der Waals surface area (Å²) in [6, 6.07) is 0. The lowest BCUT2D eigenvalue weighted by molar-refractivity contribution is -0.238. The van der Waals surface area contributed by atoms with Crippen LogP contribution in [0.4, 0.5) is 8.78 Å². The normalized spacial score (nSPS) is 38.1. The summed E-state index contributed by atoms with van der Waals surface area (Å²) in [7, 11) is 0. The molecule has 1 fully saturated rings. The van der Waals surface area contributed by atoms with E-state index in [1.165, 1.54) is 13.8 Å². The van der Waals surface area contributed by atoms with Crippen molar-refractivity contribution < 1.29 is 23.0 Å². The molecule has 4 unspecified atom stereocenters. The Morgan fingerprint density at radius 1 is 1.50 bits per heavy atom. The third kappa shape index (κ3) is 2.71. The number of halogens is 3. The minimum atomic E-state index is -2.99. The number of hydrogen-bond donors (Lipinski definition) is 0. The number of carbonyl (C=O) groups excluding carboxylic acids is 1.